The van der Waals surface area contributed by atoms with E-state index in [9.17, 15) is 8.42 Å². The molecular formula is C11H23NO2S. The van der Waals surface area contributed by atoms with E-state index in [-0.39, 0.29) is 17.1 Å². The van der Waals surface area contributed by atoms with Crippen LogP contribution in [-0.2, 0) is 9.84 Å². The van der Waals surface area contributed by atoms with Gasteiger partial charge in [0, 0.05) is 25.4 Å². The lowest BCUT2D eigenvalue weighted by atomic mass is 9.90. The van der Waals surface area contributed by atoms with Crippen molar-refractivity contribution in [1.82, 2.24) is 4.90 Å². The van der Waals surface area contributed by atoms with Gasteiger partial charge in [0.15, 0.2) is 9.84 Å². The highest BCUT2D eigenvalue weighted by atomic mass is 32.2. The molecule has 1 fully saturated rings. The molecule has 0 aliphatic carbocycles. The fraction of sp³-hybridized carbons (Fsp3) is 1.00. The van der Waals surface area contributed by atoms with E-state index in [0.29, 0.717) is 6.04 Å². The van der Waals surface area contributed by atoms with Crippen molar-refractivity contribution in [3.8, 4) is 0 Å². The third-order valence-electron chi connectivity index (χ3n) is 3.39. The Hall–Kier alpha value is -0.0900. The second kappa shape index (κ2) is 4.42. The molecule has 0 radical (unpaired) electrons. The second-order valence-corrected chi connectivity index (χ2v) is 7.50. The summed E-state index contributed by atoms with van der Waals surface area (Å²) in [6, 6.07) is 0.510. The van der Waals surface area contributed by atoms with E-state index >= 15 is 0 Å². The Labute approximate surface area is 93.8 Å². The molecule has 1 rings (SSSR count). The van der Waals surface area contributed by atoms with Gasteiger partial charge in [-0.05, 0) is 25.7 Å². The predicted octanol–water partition coefficient (Wildman–Crippen LogP) is 1.40. The minimum atomic E-state index is -2.90. The number of piperidine rings is 1. The number of sulfone groups is 1. The van der Waals surface area contributed by atoms with Crippen LogP contribution in [0.4, 0.5) is 0 Å². The first-order valence-corrected chi connectivity index (χ1v) is 7.62. The third-order valence-corrected chi connectivity index (χ3v) is 5.31. The van der Waals surface area contributed by atoms with Gasteiger partial charge in [-0.25, -0.2) is 8.42 Å². The number of likely N-dealkylation sites (tertiary alicyclic amines) is 1. The highest BCUT2D eigenvalue weighted by Gasteiger charge is 2.38. The molecule has 0 saturated carbocycles. The highest BCUT2D eigenvalue weighted by molar-refractivity contribution is 7.91. The molecule has 0 aromatic carbocycles. The van der Waals surface area contributed by atoms with E-state index in [0.717, 1.165) is 13.1 Å². The fourth-order valence-corrected chi connectivity index (χ4v) is 4.71. The summed E-state index contributed by atoms with van der Waals surface area (Å²) in [7, 11) is -2.90. The summed E-state index contributed by atoms with van der Waals surface area (Å²) in [5, 5.41) is -0.160. The molecule has 1 heterocycles. The Morgan fingerprint density at radius 2 is 1.53 bits per heavy atom. The number of rotatable bonds is 2. The SMILES string of the molecule is CC(C)N1C[C@@H](C)C(S(C)(=O)=O)[C@H](C)C1. The Bertz CT molecular complexity index is 299. The maximum Gasteiger partial charge on any atom is 0.150 e. The van der Waals surface area contributed by atoms with Gasteiger partial charge in [0.1, 0.15) is 0 Å². The lowest BCUT2D eigenvalue weighted by Gasteiger charge is -2.42. The normalized spacial score (nSPS) is 31.1. The maximum absolute atomic E-state index is 11.7. The molecule has 0 aromatic rings. The number of hydrogen-bond donors (Lipinski definition) is 0. The van der Waals surface area contributed by atoms with Crippen molar-refractivity contribution < 1.29 is 8.42 Å². The van der Waals surface area contributed by atoms with Gasteiger partial charge in [-0.1, -0.05) is 13.8 Å². The Morgan fingerprint density at radius 3 is 1.80 bits per heavy atom. The second-order valence-electron chi connectivity index (χ2n) is 5.30. The van der Waals surface area contributed by atoms with Crippen LogP contribution in [0.15, 0.2) is 0 Å². The van der Waals surface area contributed by atoms with Gasteiger partial charge in [-0.15, -0.1) is 0 Å². The Balaban J connectivity index is 2.82. The summed E-state index contributed by atoms with van der Waals surface area (Å²) in [4.78, 5) is 2.37. The molecule has 90 valence electrons. The van der Waals surface area contributed by atoms with E-state index < -0.39 is 9.84 Å². The lowest BCUT2D eigenvalue weighted by molar-refractivity contribution is 0.113. The third kappa shape index (κ3) is 2.94. The molecule has 0 spiro atoms. The largest absolute Gasteiger partial charge is 0.300 e. The summed E-state index contributed by atoms with van der Waals surface area (Å²) in [6.07, 6.45) is 1.37. The van der Waals surface area contributed by atoms with Crippen LogP contribution < -0.4 is 0 Å². The van der Waals surface area contributed by atoms with Crippen molar-refractivity contribution in [2.75, 3.05) is 19.3 Å². The average molecular weight is 233 g/mol. The van der Waals surface area contributed by atoms with Crippen molar-refractivity contribution >= 4 is 9.84 Å². The van der Waals surface area contributed by atoms with Crippen molar-refractivity contribution in [1.29, 1.82) is 0 Å². The number of hydrogen-bond acceptors (Lipinski definition) is 3. The smallest absolute Gasteiger partial charge is 0.150 e. The quantitative estimate of drug-likeness (QED) is 0.723. The molecule has 15 heavy (non-hydrogen) atoms. The van der Waals surface area contributed by atoms with Gasteiger partial charge >= 0.3 is 0 Å². The fourth-order valence-electron chi connectivity index (χ4n) is 2.85. The van der Waals surface area contributed by atoms with Crippen LogP contribution in [0.3, 0.4) is 0 Å². The first kappa shape index (κ1) is 13.0. The first-order valence-electron chi connectivity index (χ1n) is 5.66. The Morgan fingerprint density at radius 1 is 1.13 bits per heavy atom. The molecule has 1 aliphatic heterocycles. The molecule has 0 aromatic heterocycles. The van der Waals surface area contributed by atoms with E-state index in [2.05, 4.69) is 32.6 Å². The average Bonchev–Trinajstić information content (AvgIpc) is 1.99. The van der Waals surface area contributed by atoms with Gasteiger partial charge in [0.25, 0.3) is 0 Å². The molecule has 2 atom stereocenters. The summed E-state index contributed by atoms with van der Waals surface area (Å²) in [5.74, 6) is 0.484. The summed E-state index contributed by atoms with van der Waals surface area (Å²) in [5.41, 5.74) is 0. The van der Waals surface area contributed by atoms with Crippen molar-refractivity contribution in [2.45, 2.75) is 39.0 Å². The Kier molecular flexibility index (Phi) is 3.82. The lowest BCUT2D eigenvalue weighted by Crippen LogP contribution is -2.52. The van der Waals surface area contributed by atoms with Gasteiger partial charge in [-0.3, -0.25) is 0 Å². The van der Waals surface area contributed by atoms with Crippen LogP contribution >= 0.6 is 0 Å². The molecule has 1 aliphatic rings. The van der Waals surface area contributed by atoms with Gasteiger partial charge in [0.05, 0.1) is 5.25 Å². The molecule has 0 unspecified atom stereocenters. The van der Waals surface area contributed by atoms with Gasteiger partial charge < -0.3 is 4.90 Å². The van der Waals surface area contributed by atoms with Crippen molar-refractivity contribution in [3.05, 3.63) is 0 Å². The first-order chi connectivity index (χ1) is 6.73. The molecule has 3 nitrogen and oxygen atoms in total. The molecule has 0 amide bonds. The minimum absolute atomic E-state index is 0.160. The van der Waals surface area contributed by atoms with Gasteiger partial charge in [-0.2, -0.15) is 0 Å². The van der Waals surface area contributed by atoms with Crippen molar-refractivity contribution in [2.24, 2.45) is 11.8 Å². The molecule has 0 bridgehead atoms. The van der Waals surface area contributed by atoms with Crippen LogP contribution in [0.25, 0.3) is 0 Å². The molecule has 0 N–H and O–H groups in total. The minimum Gasteiger partial charge on any atom is -0.300 e. The summed E-state index contributed by atoms with van der Waals surface area (Å²) in [6.45, 7) is 10.2. The van der Waals surface area contributed by atoms with Crippen LogP contribution in [0, 0.1) is 11.8 Å². The van der Waals surface area contributed by atoms with E-state index in [1.165, 1.54) is 6.26 Å². The zero-order valence-electron chi connectivity index (χ0n) is 10.4. The standard InChI is InChI=1S/C11H23NO2S/c1-8(2)12-6-9(3)11(10(4)7-12)15(5,13)14/h8-11H,6-7H2,1-5H3/t9-,10-/m1/s1. The predicted molar refractivity (Wildman–Crippen MR) is 63.7 cm³/mol. The van der Waals surface area contributed by atoms with E-state index in [4.69, 9.17) is 0 Å². The van der Waals surface area contributed by atoms with E-state index in [1.807, 2.05) is 0 Å². The maximum atomic E-state index is 11.7. The van der Waals surface area contributed by atoms with Crippen LogP contribution in [0.1, 0.15) is 27.7 Å². The van der Waals surface area contributed by atoms with E-state index in [1.54, 1.807) is 0 Å². The topological polar surface area (TPSA) is 37.4 Å². The monoisotopic (exact) mass is 233 g/mol. The molecular weight excluding hydrogens is 210 g/mol. The molecule has 1 saturated heterocycles. The van der Waals surface area contributed by atoms with Crippen LogP contribution in [-0.4, -0.2) is 44.0 Å². The van der Waals surface area contributed by atoms with Crippen LogP contribution in [0.2, 0.25) is 0 Å². The number of nitrogens with zero attached hydrogens (tertiary/aromatic N) is 1. The van der Waals surface area contributed by atoms with Gasteiger partial charge in [0.2, 0.25) is 0 Å². The summed E-state index contributed by atoms with van der Waals surface area (Å²) < 4.78 is 23.3. The van der Waals surface area contributed by atoms with Crippen molar-refractivity contribution in [3.63, 3.8) is 0 Å². The zero-order chi connectivity index (χ0) is 11.8. The molecule has 4 heteroatoms. The highest BCUT2D eigenvalue weighted by Crippen LogP contribution is 2.28. The zero-order valence-corrected chi connectivity index (χ0v) is 11.2. The van der Waals surface area contributed by atoms with Crippen LogP contribution in [0.5, 0.6) is 0 Å². The summed E-state index contributed by atoms with van der Waals surface area (Å²) >= 11 is 0.